The highest BCUT2D eigenvalue weighted by Gasteiger charge is 2.34. The van der Waals surface area contributed by atoms with Gasteiger partial charge in [-0.3, -0.25) is 0 Å². The van der Waals surface area contributed by atoms with Gasteiger partial charge in [0.15, 0.2) is 0 Å². The Morgan fingerprint density at radius 3 is 2.60 bits per heavy atom. The van der Waals surface area contributed by atoms with Crippen LogP contribution in [0.25, 0.3) is 11.3 Å². The third kappa shape index (κ3) is 2.79. The Balaban J connectivity index is 2.45. The smallest absolute Gasteiger partial charge is 0.383 e. The van der Waals surface area contributed by atoms with E-state index < -0.39 is 11.7 Å². The summed E-state index contributed by atoms with van der Waals surface area (Å²) in [7, 11) is 0. The molecule has 0 unspecified atom stereocenters. The van der Waals surface area contributed by atoms with E-state index in [0.717, 1.165) is 18.9 Å². The van der Waals surface area contributed by atoms with Gasteiger partial charge in [-0.05, 0) is 12.5 Å². The van der Waals surface area contributed by atoms with Crippen molar-refractivity contribution in [2.24, 2.45) is 0 Å². The van der Waals surface area contributed by atoms with Crippen LogP contribution in [0.3, 0.4) is 0 Å². The van der Waals surface area contributed by atoms with Gasteiger partial charge in [-0.15, -0.1) is 0 Å². The lowest BCUT2D eigenvalue weighted by Gasteiger charge is -2.12. The van der Waals surface area contributed by atoms with Gasteiger partial charge in [0.2, 0.25) is 0 Å². The molecule has 0 saturated heterocycles. The standard InChI is InChI=1S/C14H16F3N3/c1-2-3-8-20-9-19-12(13(20)18)10-6-4-5-7-11(10)14(15,16)17/h4-7,9H,2-3,8,18H2,1H3. The van der Waals surface area contributed by atoms with Crippen molar-refractivity contribution in [3.63, 3.8) is 0 Å². The van der Waals surface area contributed by atoms with Crippen LogP contribution < -0.4 is 5.73 Å². The Morgan fingerprint density at radius 1 is 1.25 bits per heavy atom. The fraction of sp³-hybridized carbons (Fsp3) is 0.357. The minimum Gasteiger partial charge on any atom is -0.383 e. The number of rotatable bonds is 4. The summed E-state index contributed by atoms with van der Waals surface area (Å²) in [6.45, 7) is 2.69. The second-order valence-electron chi connectivity index (χ2n) is 4.57. The molecule has 0 fully saturated rings. The summed E-state index contributed by atoms with van der Waals surface area (Å²) in [6.07, 6.45) is -1.04. The fourth-order valence-electron chi connectivity index (χ4n) is 2.04. The molecule has 3 nitrogen and oxygen atoms in total. The molecule has 20 heavy (non-hydrogen) atoms. The predicted octanol–water partition coefficient (Wildman–Crippen LogP) is 3.95. The summed E-state index contributed by atoms with van der Waals surface area (Å²) >= 11 is 0. The maximum absolute atomic E-state index is 13.0. The molecule has 0 spiro atoms. The Labute approximate surface area is 115 Å². The van der Waals surface area contributed by atoms with E-state index in [-0.39, 0.29) is 17.1 Å². The summed E-state index contributed by atoms with van der Waals surface area (Å²) in [6, 6.07) is 5.34. The molecule has 2 aromatic rings. The van der Waals surface area contributed by atoms with Crippen molar-refractivity contribution >= 4 is 5.82 Å². The number of halogens is 3. The van der Waals surface area contributed by atoms with E-state index in [2.05, 4.69) is 4.98 Å². The van der Waals surface area contributed by atoms with E-state index in [0.29, 0.717) is 6.54 Å². The van der Waals surface area contributed by atoms with Crippen LogP contribution in [-0.2, 0) is 12.7 Å². The number of aryl methyl sites for hydroxylation is 1. The Morgan fingerprint density at radius 2 is 1.95 bits per heavy atom. The topological polar surface area (TPSA) is 43.8 Å². The Kier molecular flexibility index (Phi) is 4.01. The molecule has 108 valence electrons. The van der Waals surface area contributed by atoms with Crippen LogP contribution in [0.2, 0.25) is 0 Å². The Bertz CT molecular complexity index is 588. The molecule has 1 heterocycles. The van der Waals surface area contributed by atoms with E-state index >= 15 is 0 Å². The van der Waals surface area contributed by atoms with Crippen molar-refractivity contribution in [2.45, 2.75) is 32.5 Å². The zero-order valence-electron chi connectivity index (χ0n) is 11.1. The van der Waals surface area contributed by atoms with Crippen LogP contribution in [0.15, 0.2) is 30.6 Å². The average molecular weight is 283 g/mol. The van der Waals surface area contributed by atoms with E-state index in [1.165, 1.54) is 18.5 Å². The van der Waals surface area contributed by atoms with Crippen molar-refractivity contribution in [3.8, 4) is 11.3 Å². The maximum Gasteiger partial charge on any atom is 0.417 e. The highest BCUT2D eigenvalue weighted by Crippen LogP contribution is 2.38. The van der Waals surface area contributed by atoms with Crippen LogP contribution in [0.5, 0.6) is 0 Å². The largest absolute Gasteiger partial charge is 0.417 e. The third-order valence-corrected chi connectivity index (χ3v) is 3.12. The van der Waals surface area contributed by atoms with E-state index in [9.17, 15) is 13.2 Å². The van der Waals surface area contributed by atoms with Crippen molar-refractivity contribution < 1.29 is 13.2 Å². The minimum absolute atomic E-state index is 0.0211. The van der Waals surface area contributed by atoms with Gasteiger partial charge in [-0.2, -0.15) is 13.2 Å². The number of anilines is 1. The first-order valence-electron chi connectivity index (χ1n) is 6.42. The SMILES string of the molecule is CCCCn1cnc(-c2ccccc2C(F)(F)F)c1N. The lowest BCUT2D eigenvalue weighted by Crippen LogP contribution is -2.08. The van der Waals surface area contributed by atoms with E-state index in [1.807, 2.05) is 6.92 Å². The summed E-state index contributed by atoms with van der Waals surface area (Å²) in [5.41, 5.74) is 5.42. The molecule has 6 heteroatoms. The summed E-state index contributed by atoms with van der Waals surface area (Å²) < 4.78 is 40.7. The molecular weight excluding hydrogens is 267 g/mol. The molecule has 2 rings (SSSR count). The van der Waals surface area contributed by atoms with Crippen molar-refractivity contribution in [3.05, 3.63) is 36.2 Å². The van der Waals surface area contributed by atoms with Gasteiger partial charge >= 0.3 is 6.18 Å². The third-order valence-electron chi connectivity index (χ3n) is 3.12. The first-order chi connectivity index (χ1) is 9.45. The number of imidazole rings is 1. The lowest BCUT2D eigenvalue weighted by atomic mass is 10.0. The quantitative estimate of drug-likeness (QED) is 0.923. The number of benzene rings is 1. The number of alkyl halides is 3. The van der Waals surface area contributed by atoms with Gasteiger partial charge in [0.25, 0.3) is 0 Å². The molecule has 0 aliphatic rings. The summed E-state index contributed by atoms with van der Waals surface area (Å²) in [5.74, 6) is 0.273. The zero-order chi connectivity index (χ0) is 14.8. The minimum atomic E-state index is -4.42. The lowest BCUT2D eigenvalue weighted by molar-refractivity contribution is -0.137. The second-order valence-corrected chi connectivity index (χ2v) is 4.57. The molecular formula is C14H16F3N3. The number of hydrogen-bond donors (Lipinski definition) is 1. The molecule has 0 aliphatic heterocycles. The van der Waals surface area contributed by atoms with Gasteiger partial charge in [-0.1, -0.05) is 31.5 Å². The number of hydrogen-bond acceptors (Lipinski definition) is 2. The number of unbranched alkanes of at least 4 members (excludes halogenated alkanes) is 1. The van der Waals surface area contributed by atoms with E-state index in [4.69, 9.17) is 5.73 Å². The number of nitrogens with two attached hydrogens (primary N) is 1. The van der Waals surface area contributed by atoms with Crippen molar-refractivity contribution in [1.82, 2.24) is 9.55 Å². The molecule has 0 atom stereocenters. The molecule has 0 amide bonds. The van der Waals surface area contributed by atoms with E-state index in [1.54, 1.807) is 10.6 Å². The monoisotopic (exact) mass is 283 g/mol. The molecule has 0 bridgehead atoms. The van der Waals surface area contributed by atoms with Crippen LogP contribution in [0.1, 0.15) is 25.3 Å². The molecule has 2 N–H and O–H groups in total. The molecule has 1 aromatic heterocycles. The van der Waals surface area contributed by atoms with Crippen molar-refractivity contribution in [2.75, 3.05) is 5.73 Å². The molecule has 0 radical (unpaired) electrons. The van der Waals surface area contributed by atoms with Crippen LogP contribution in [-0.4, -0.2) is 9.55 Å². The predicted molar refractivity (Wildman–Crippen MR) is 72.0 cm³/mol. The number of nitrogens with zero attached hydrogens (tertiary/aromatic N) is 2. The second kappa shape index (κ2) is 5.56. The average Bonchev–Trinajstić information content (AvgIpc) is 2.76. The number of aromatic nitrogens is 2. The Hall–Kier alpha value is -1.98. The zero-order valence-corrected chi connectivity index (χ0v) is 11.1. The summed E-state index contributed by atoms with van der Waals surface area (Å²) in [5, 5.41) is 0. The normalized spacial score (nSPS) is 11.8. The first kappa shape index (κ1) is 14.4. The number of nitrogen functional groups attached to an aromatic ring is 1. The van der Waals surface area contributed by atoms with Crippen LogP contribution in [0, 0.1) is 0 Å². The van der Waals surface area contributed by atoms with Gasteiger partial charge < -0.3 is 10.3 Å². The maximum atomic E-state index is 13.0. The van der Waals surface area contributed by atoms with Crippen LogP contribution >= 0.6 is 0 Å². The fourth-order valence-corrected chi connectivity index (χ4v) is 2.04. The van der Waals surface area contributed by atoms with Gasteiger partial charge in [0.05, 0.1) is 11.9 Å². The van der Waals surface area contributed by atoms with Crippen LogP contribution in [0.4, 0.5) is 19.0 Å². The van der Waals surface area contributed by atoms with Gasteiger partial charge in [0, 0.05) is 12.1 Å². The van der Waals surface area contributed by atoms with Gasteiger partial charge in [-0.25, -0.2) is 4.98 Å². The summed E-state index contributed by atoms with van der Waals surface area (Å²) in [4.78, 5) is 4.05. The highest BCUT2D eigenvalue weighted by atomic mass is 19.4. The van der Waals surface area contributed by atoms with Gasteiger partial charge in [0.1, 0.15) is 11.5 Å². The highest BCUT2D eigenvalue weighted by molar-refractivity contribution is 5.73. The van der Waals surface area contributed by atoms with Crippen molar-refractivity contribution in [1.29, 1.82) is 0 Å². The molecule has 0 saturated carbocycles. The molecule has 0 aliphatic carbocycles. The first-order valence-corrected chi connectivity index (χ1v) is 6.42. The molecule has 1 aromatic carbocycles.